The largest absolute Gasteiger partial charge is 0.357 e. The zero-order chi connectivity index (χ0) is 20.6. The number of hydrogen-bond acceptors (Lipinski definition) is 3. The number of amides is 1. The van der Waals surface area contributed by atoms with Gasteiger partial charge in [-0.25, -0.2) is 4.99 Å². The van der Waals surface area contributed by atoms with Crippen molar-refractivity contribution in [3.63, 3.8) is 0 Å². The molecule has 1 aliphatic rings. The summed E-state index contributed by atoms with van der Waals surface area (Å²) in [7, 11) is 0. The lowest BCUT2D eigenvalue weighted by molar-refractivity contribution is -0.130. The Kier molecular flexibility index (Phi) is 7.05. The van der Waals surface area contributed by atoms with Crippen LogP contribution in [0, 0.1) is 0 Å². The van der Waals surface area contributed by atoms with Gasteiger partial charge in [0.05, 0.1) is 13.1 Å². The van der Waals surface area contributed by atoms with Gasteiger partial charge in [-0.1, -0.05) is 30.3 Å². The molecule has 1 aliphatic heterocycles. The van der Waals surface area contributed by atoms with E-state index in [1.165, 1.54) is 0 Å². The van der Waals surface area contributed by atoms with Crippen LogP contribution in [0.3, 0.4) is 0 Å². The van der Waals surface area contributed by atoms with E-state index < -0.39 is 0 Å². The molecule has 0 aliphatic carbocycles. The molecule has 0 atom stereocenters. The van der Waals surface area contributed by atoms with Crippen LogP contribution >= 0.6 is 0 Å². The van der Waals surface area contributed by atoms with Crippen molar-refractivity contribution in [2.75, 3.05) is 32.7 Å². The van der Waals surface area contributed by atoms with Crippen LogP contribution in [0.5, 0.6) is 0 Å². The maximum atomic E-state index is 11.8. The average Bonchev–Trinajstić information content (AvgIpc) is 2.74. The van der Waals surface area contributed by atoms with E-state index in [9.17, 15) is 9.59 Å². The van der Waals surface area contributed by atoms with Crippen LogP contribution < -0.4 is 10.9 Å². The third-order valence-corrected chi connectivity index (χ3v) is 5.05. The molecule has 0 bridgehead atoms. The standard InChI is InChI=1S/C22H29N5O2/c1-3-23-22(26-14-12-25(13-15-26)18(2)28)24-16-19-7-9-20(10-8-19)17-27-11-5-4-6-21(27)29/h4-11H,3,12-17H2,1-2H3,(H,23,24). The molecule has 1 amide bonds. The van der Waals surface area contributed by atoms with Crippen molar-refractivity contribution in [1.82, 2.24) is 19.7 Å². The summed E-state index contributed by atoms with van der Waals surface area (Å²) in [6.07, 6.45) is 1.80. The number of guanidine groups is 1. The minimum Gasteiger partial charge on any atom is -0.357 e. The van der Waals surface area contributed by atoms with E-state index in [2.05, 4.69) is 29.3 Å². The van der Waals surface area contributed by atoms with Crippen molar-refractivity contribution in [3.8, 4) is 0 Å². The fraction of sp³-hybridized carbons (Fsp3) is 0.409. The van der Waals surface area contributed by atoms with Gasteiger partial charge in [-0.3, -0.25) is 9.59 Å². The average molecular weight is 396 g/mol. The summed E-state index contributed by atoms with van der Waals surface area (Å²) in [5.41, 5.74) is 2.20. The van der Waals surface area contributed by atoms with Crippen molar-refractivity contribution in [2.24, 2.45) is 4.99 Å². The first kappa shape index (κ1) is 20.6. The van der Waals surface area contributed by atoms with E-state index in [0.717, 1.165) is 49.8 Å². The van der Waals surface area contributed by atoms with Crippen molar-refractivity contribution < 1.29 is 4.79 Å². The molecule has 2 aromatic rings. The maximum absolute atomic E-state index is 11.8. The summed E-state index contributed by atoms with van der Waals surface area (Å²) in [6, 6.07) is 13.4. The Morgan fingerprint density at radius 3 is 2.28 bits per heavy atom. The van der Waals surface area contributed by atoms with E-state index in [4.69, 9.17) is 4.99 Å². The Labute approximate surface area is 171 Å². The number of carbonyl (C=O) groups excluding carboxylic acids is 1. The number of carbonyl (C=O) groups is 1. The molecule has 1 saturated heterocycles. The number of benzene rings is 1. The molecule has 1 N–H and O–H groups in total. The number of hydrogen-bond donors (Lipinski definition) is 1. The highest BCUT2D eigenvalue weighted by molar-refractivity contribution is 5.80. The lowest BCUT2D eigenvalue weighted by Crippen LogP contribution is -2.53. The molecule has 1 fully saturated rings. The third-order valence-electron chi connectivity index (χ3n) is 5.05. The zero-order valence-electron chi connectivity index (χ0n) is 17.2. The molecule has 29 heavy (non-hydrogen) atoms. The van der Waals surface area contributed by atoms with Crippen LogP contribution in [0.1, 0.15) is 25.0 Å². The van der Waals surface area contributed by atoms with Gasteiger partial charge < -0.3 is 19.7 Å². The summed E-state index contributed by atoms with van der Waals surface area (Å²) in [4.78, 5) is 32.2. The summed E-state index contributed by atoms with van der Waals surface area (Å²) < 4.78 is 1.69. The predicted molar refractivity (Wildman–Crippen MR) is 115 cm³/mol. The van der Waals surface area contributed by atoms with Crippen LogP contribution in [-0.4, -0.2) is 59.0 Å². The van der Waals surface area contributed by atoms with Gasteiger partial charge in [0.25, 0.3) is 5.56 Å². The van der Waals surface area contributed by atoms with E-state index in [1.807, 2.05) is 23.1 Å². The lowest BCUT2D eigenvalue weighted by Gasteiger charge is -2.36. The number of pyridine rings is 1. The molecule has 1 aromatic heterocycles. The zero-order valence-corrected chi connectivity index (χ0v) is 17.2. The van der Waals surface area contributed by atoms with Crippen molar-refractivity contribution in [2.45, 2.75) is 26.9 Å². The third kappa shape index (κ3) is 5.70. The molecule has 7 nitrogen and oxygen atoms in total. The Morgan fingerprint density at radius 2 is 1.66 bits per heavy atom. The van der Waals surface area contributed by atoms with Crippen LogP contribution in [0.4, 0.5) is 0 Å². The minimum atomic E-state index is 0.00123. The molecule has 0 unspecified atom stereocenters. The Balaban J connectivity index is 1.61. The summed E-state index contributed by atoms with van der Waals surface area (Å²) in [5.74, 6) is 1.01. The first-order valence-electron chi connectivity index (χ1n) is 10.1. The van der Waals surface area contributed by atoms with Gasteiger partial charge in [0.2, 0.25) is 5.91 Å². The lowest BCUT2D eigenvalue weighted by atomic mass is 10.1. The van der Waals surface area contributed by atoms with Crippen LogP contribution in [0.15, 0.2) is 58.4 Å². The van der Waals surface area contributed by atoms with Gasteiger partial charge in [-0.05, 0) is 24.1 Å². The Hall–Kier alpha value is -3.09. The highest BCUT2D eigenvalue weighted by Crippen LogP contribution is 2.08. The Bertz CT molecular complexity index is 896. The summed E-state index contributed by atoms with van der Waals surface area (Å²) in [5, 5.41) is 3.35. The molecule has 0 radical (unpaired) electrons. The Morgan fingerprint density at radius 1 is 1.00 bits per heavy atom. The molecule has 154 valence electrons. The SMILES string of the molecule is CCNC(=NCc1ccc(Cn2ccccc2=O)cc1)N1CCN(C(C)=O)CC1. The number of aliphatic imine (C=N–C) groups is 1. The first-order valence-corrected chi connectivity index (χ1v) is 10.1. The van der Waals surface area contributed by atoms with Crippen molar-refractivity contribution in [3.05, 3.63) is 70.1 Å². The molecule has 1 aromatic carbocycles. The number of piperazine rings is 1. The summed E-state index contributed by atoms with van der Waals surface area (Å²) >= 11 is 0. The normalized spacial score (nSPS) is 14.8. The number of nitrogens with one attached hydrogen (secondary N) is 1. The minimum absolute atomic E-state index is 0.00123. The van der Waals surface area contributed by atoms with E-state index in [0.29, 0.717) is 13.1 Å². The van der Waals surface area contributed by atoms with Crippen LogP contribution in [-0.2, 0) is 17.9 Å². The first-order chi connectivity index (χ1) is 14.1. The van der Waals surface area contributed by atoms with Gasteiger partial charge in [-0.2, -0.15) is 0 Å². The fourth-order valence-corrected chi connectivity index (χ4v) is 3.36. The van der Waals surface area contributed by atoms with Crippen molar-refractivity contribution in [1.29, 1.82) is 0 Å². The molecular weight excluding hydrogens is 366 g/mol. The smallest absolute Gasteiger partial charge is 0.250 e. The van der Waals surface area contributed by atoms with Crippen LogP contribution in [0.25, 0.3) is 0 Å². The second-order valence-electron chi connectivity index (χ2n) is 7.15. The molecular formula is C22H29N5O2. The molecule has 7 heteroatoms. The van der Waals surface area contributed by atoms with E-state index >= 15 is 0 Å². The number of rotatable bonds is 5. The van der Waals surface area contributed by atoms with E-state index in [1.54, 1.807) is 29.8 Å². The second-order valence-corrected chi connectivity index (χ2v) is 7.15. The maximum Gasteiger partial charge on any atom is 0.250 e. The van der Waals surface area contributed by atoms with Crippen LogP contribution in [0.2, 0.25) is 0 Å². The molecule has 3 rings (SSSR count). The topological polar surface area (TPSA) is 69.9 Å². The predicted octanol–water partition coefficient (Wildman–Crippen LogP) is 1.53. The van der Waals surface area contributed by atoms with Gasteiger partial charge in [0.1, 0.15) is 0 Å². The number of nitrogens with zero attached hydrogens (tertiary/aromatic N) is 4. The molecule has 2 heterocycles. The second kappa shape index (κ2) is 9.91. The highest BCUT2D eigenvalue weighted by atomic mass is 16.2. The number of aromatic nitrogens is 1. The van der Waals surface area contributed by atoms with Gasteiger partial charge >= 0.3 is 0 Å². The van der Waals surface area contributed by atoms with Gasteiger partial charge in [0, 0.05) is 51.9 Å². The van der Waals surface area contributed by atoms with Crippen molar-refractivity contribution >= 4 is 11.9 Å². The summed E-state index contributed by atoms with van der Waals surface area (Å²) in [6.45, 7) is 8.66. The molecule has 0 saturated carbocycles. The highest BCUT2D eigenvalue weighted by Gasteiger charge is 2.20. The fourth-order valence-electron chi connectivity index (χ4n) is 3.36. The van der Waals surface area contributed by atoms with Gasteiger partial charge in [-0.15, -0.1) is 0 Å². The monoisotopic (exact) mass is 395 g/mol. The van der Waals surface area contributed by atoms with E-state index in [-0.39, 0.29) is 11.5 Å². The quantitative estimate of drug-likeness (QED) is 0.616. The van der Waals surface area contributed by atoms with Gasteiger partial charge in [0.15, 0.2) is 5.96 Å². The molecule has 0 spiro atoms.